The molecule has 0 amide bonds. The number of hydrogen-bond donors (Lipinski definition) is 1. The van der Waals surface area contributed by atoms with Gasteiger partial charge in [0.05, 0.1) is 5.75 Å². The highest BCUT2D eigenvalue weighted by molar-refractivity contribution is 7.89. The standard InChI is InChI=1S/C21H28N2O2S/c1-18-9-11-21(12-10-18)23-14-13-20(17-23)16-22-26(24,25)15-5-8-19-6-3-2-4-7-19/h2-4,6-7,9-12,20,22H,5,8,13-17H2,1H3. The third-order valence-electron chi connectivity index (χ3n) is 5.00. The minimum atomic E-state index is -3.20. The van der Waals surface area contributed by atoms with Crippen LogP contribution in [0.2, 0.25) is 0 Å². The van der Waals surface area contributed by atoms with E-state index < -0.39 is 10.0 Å². The van der Waals surface area contributed by atoms with Crippen molar-refractivity contribution in [1.82, 2.24) is 4.72 Å². The lowest BCUT2D eigenvalue weighted by molar-refractivity contribution is 0.540. The molecular formula is C21H28N2O2S. The molecule has 26 heavy (non-hydrogen) atoms. The molecule has 1 fully saturated rings. The van der Waals surface area contributed by atoms with Crippen LogP contribution in [0, 0.1) is 12.8 Å². The predicted octanol–water partition coefficient (Wildman–Crippen LogP) is 3.37. The topological polar surface area (TPSA) is 49.4 Å². The lowest BCUT2D eigenvalue weighted by Crippen LogP contribution is -2.32. The van der Waals surface area contributed by atoms with E-state index in [-0.39, 0.29) is 5.75 Å². The van der Waals surface area contributed by atoms with Gasteiger partial charge in [0, 0.05) is 25.3 Å². The zero-order valence-corrected chi connectivity index (χ0v) is 16.2. The fourth-order valence-corrected chi connectivity index (χ4v) is 4.58. The Morgan fingerprint density at radius 3 is 2.54 bits per heavy atom. The van der Waals surface area contributed by atoms with Crippen molar-refractivity contribution < 1.29 is 8.42 Å². The lowest BCUT2D eigenvalue weighted by atomic mass is 10.1. The highest BCUT2D eigenvalue weighted by Gasteiger charge is 2.24. The molecule has 1 aliphatic rings. The highest BCUT2D eigenvalue weighted by Crippen LogP contribution is 2.23. The Kier molecular flexibility index (Phi) is 6.33. The first-order valence-electron chi connectivity index (χ1n) is 9.35. The minimum Gasteiger partial charge on any atom is -0.371 e. The van der Waals surface area contributed by atoms with E-state index in [1.165, 1.54) is 16.8 Å². The molecule has 5 heteroatoms. The summed E-state index contributed by atoms with van der Waals surface area (Å²) in [6.07, 6.45) is 2.48. The summed E-state index contributed by atoms with van der Waals surface area (Å²) in [6.45, 7) is 4.53. The van der Waals surface area contributed by atoms with Crippen molar-refractivity contribution in [2.45, 2.75) is 26.2 Å². The Labute approximate surface area is 157 Å². The molecule has 0 saturated carbocycles. The van der Waals surface area contributed by atoms with E-state index in [1.54, 1.807) is 0 Å². The van der Waals surface area contributed by atoms with Gasteiger partial charge in [0.1, 0.15) is 0 Å². The zero-order chi connectivity index (χ0) is 18.4. The summed E-state index contributed by atoms with van der Waals surface area (Å²) in [5, 5.41) is 0. The van der Waals surface area contributed by atoms with E-state index in [1.807, 2.05) is 30.3 Å². The van der Waals surface area contributed by atoms with Crippen molar-refractivity contribution in [3.63, 3.8) is 0 Å². The van der Waals surface area contributed by atoms with E-state index in [0.29, 0.717) is 18.9 Å². The molecule has 2 aromatic carbocycles. The van der Waals surface area contributed by atoms with Crippen LogP contribution >= 0.6 is 0 Å². The van der Waals surface area contributed by atoms with E-state index in [2.05, 4.69) is 40.8 Å². The molecule has 0 spiro atoms. The van der Waals surface area contributed by atoms with E-state index in [0.717, 1.165) is 25.9 Å². The Hall–Kier alpha value is -1.85. The van der Waals surface area contributed by atoms with Crippen molar-refractivity contribution in [2.24, 2.45) is 5.92 Å². The molecule has 1 unspecified atom stereocenters. The number of rotatable bonds is 8. The molecule has 1 aliphatic heterocycles. The molecule has 1 saturated heterocycles. The van der Waals surface area contributed by atoms with Gasteiger partial charge in [0.25, 0.3) is 0 Å². The molecular weight excluding hydrogens is 344 g/mol. The number of aryl methyl sites for hydroxylation is 2. The normalized spacial score (nSPS) is 17.6. The van der Waals surface area contributed by atoms with E-state index >= 15 is 0 Å². The fourth-order valence-electron chi connectivity index (χ4n) is 3.42. The molecule has 0 radical (unpaired) electrons. The summed E-state index contributed by atoms with van der Waals surface area (Å²) >= 11 is 0. The van der Waals surface area contributed by atoms with Crippen LogP contribution in [0.1, 0.15) is 24.0 Å². The second-order valence-electron chi connectivity index (χ2n) is 7.19. The average molecular weight is 373 g/mol. The van der Waals surface area contributed by atoms with Gasteiger partial charge in [-0.15, -0.1) is 0 Å². The molecule has 0 bridgehead atoms. The van der Waals surface area contributed by atoms with Crippen molar-refractivity contribution in [2.75, 3.05) is 30.3 Å². The van der Waals surface area contributed by atoms with Gasteiger partial charge < -0.3 is 4.90 Å². The first kappa shape index (κ1) is 18.9. The summed E-state index contributed by atoms with van der Waals surface area (Å²) in [5.41, 5.74) is 3.67. The molecule has 4 nitrogen and oxygen atoms in total. The smallest absolute Gasteiger partial charge is 0.211 e. The van der Waals surface area contributed by atoms with Crippen LogP contribution in [0.25, 0.3) is 0 Å². The van der Waals surface area contributed by atoms with Crippen LogP contribution < -0.4 is 9.62 Å². The quantitative estimate of drug-likeness (QED) is 0.773. The summed E-state index contributed by atoms with van der Waals surface area (Å²) in [4.78, 5) is 2.34. The monoisotopic (exact) mass is 372 g/mol. The van der Waals surface area contributed by atoms with Gasteiger partial charge in [-0.05, 0) is 49.8 Å². The van der Waals surface area contributed by atoms with E-state index in [4.69, 9.17) is 0 Å². The van der Waals surface area contributed by atoms with Gasteiger partial charge in [-0.3, -0.25) is 0 Å². The van der Waals surface area contributed by atoms with Crippen molar-refractivity contribution in [1.29, 1.82) is 0 Å². The second-order valence-corrected chi connectivity index (χ2v) is 9.12. The van der Waals surface area contributed by atoms with Gasteiger partial charge in [0.15, 0.2) is 0 Å². The maximum Gasteiger partial charge on any atom is 0.211 e. The summed E-state index contributed by atoms with van der Waals surface area (Å²) in [5.74, 6) is 0.566. The van der Waals surface area contributed by atoms with Crippen molar-refractivity contribution >= 4 is 15.7 Å². The Morgan fingerprint density at radius 2 is 1.81 bits per heavy atom. The van der Waals surface area contributed by atoms with Gasteiger partial charge in [-0.1, -0.05) is 48.0 Å². The predicted molar refractivity (Wildman–Crippen MR) is 108 cm³/mol. The summed E-state index contributed by atoms with van der Waals surface area (Å²) in [6, 6.07) is 18.6. The Morgan fingerprint density at radius 1 is 1.08 bits per heavy atom. The van der Waals surface area contributed by atoms with Gasteiger partial charge in [-0.25, -0.2) is 13.1 Å². The van der Waals surface area contributed by atoms with Crippen LogP contribution in [0.5, 0.6) is 0 Å². The summed E-state index contributed by atoms with van der Waals surface area (Å²) in [7, 11) is -3.20. The fraction of sp³-hybridized carbons (Fsp3) is 0.429. The zero-order valence-electron chi connectivity index (χ0n) is 15.4. The molecule has 3 rings (SSSR count). The van der Waals surface area contributed by atoms with Gasteiger partial charge in [0.2, 0.25) is 10.0 Å². The molecule has 140 valence electrons. The Bertz CT molecular complexity index is 789. The number of nitrogens with zero attached hydrogens (tertiary/aromatic N) is 1. The van der Waals surface area contributed by atoms with Crippen LogP contribution in [0.15, 0.2) is 54.6 Å². The first-order valence-corrected chi connectivity index (χ1v) is 11.0. The lowest BCUT2D eigenvalue weighted by Gasteiger charge is -2.19. The second kappa shape index (κ2) is 8.69. The number of anilines is 1. The number of benzene rings is 2. The SMILES string of the molecule is Cc1ccc(N2CCC(CNS(=O)(=O)CCCc3ccccc3)C2)cc1. The molecule has 1 N–H and O–H groups in total. The van der Waals surface area contributed by atoms with Crippen molar-refractivity contribution in [3.8, 4) is 0 Å². The third-order valence-corrected chi connectivity index (χ3v) is 6.43. The molecule has 1 atom stereocenters. The number of nitrogens with one attached hydrogen (secondary N) is 1. The van der Waals surface area contributed by atoms with Gasteiger partial charge >= 0.3 is 0 Å². The van der Waals surface area contributed by atoms with Gasteiger partial charge in [-0.2, -0.15) is 0 Å². The third kappa shape index (κ3) is 5.58. The largest absolute Gasteiger partial charge is 0.371 e. The minimum absolute atomic E-state index is 0.191. The van der Waals surface area contributed by atoms with E-state index in [9.17, 15) is 8.42 Å². The molecule has 0 aromatic heterocycles. The van der Waals surface area contributed by atoms with Crippen LogP contribution in [-0.4, -0.2) is 33.8 Å². The van der Waals surface area contributed by atoms with Crippen LogP contribution in [0.4, 0.5) is 5.69 Å². The van der Waals surface area contributed by atoms with Crippen LogP contribution in [-0.2, 0) is 16.4 Å². The first-order chi connectivity index (χ1) is 12.5. The molecule has 0 aliphatic carbocycles. The molecule has 2 aromatic rings. The highest BCUT2D eigenvalue weighted by atomic mass is 32.2. The molecule has 1 heterocycles. The van der Waals surface area contributed by atoms with Crippen LogP contribution in [0.3, 0.4) is 0 Å². The maximum absolute atomic E-state index is 12.2. The number of hydrogen-bond acceptors (Lipinski definition) is 3. The summed E-state index contributed by atoms with van der Waals surface area (Å²) < 4.78 is 27.3. The van der Waals surface area contributed by atoms with Crippen molar-refractivity contribution in [3.05, 3.63) is 65.7 Å². The Balaban J connectivity index is 1.41. The number of sulfonamides is 1. The average Bonchev–Trinajstić information content (AvgIpc) is 3.11. The maximum atomic E-state index is 12.2.